The van der Waals surface area contributed by atoms with Gasteiger partial charge in [-0.1, -0.05) is 12.1 Å². The van der Waals surface area contributed by atoms with Crippen LogP contribution in [-0.2, 0) is 11.8 Å². The molecule has 2 N–H and O–H groups in total. The zero-order chi connectivity index (χ0) is 24.5. The lowest BCUT2D eigenvalue weighted by atomic mass is 9.88. The number of nitrogens with one attached hydrogen (secondary N) is 1. The van der Waals surface area contributed by atoms with Crippen LogP contribution in [0.2, 0.25) is 0 Å². The minimum atomic E-state index is -0.991. The summed E-state index contributed by atoms with van der Waals surface area (Å²) in [6.07, 6.45) is 10.0. The van der Waals surface area contributed by atoms with E-state index in [1.807, 2.05) is 50.1 Å². The first-order valence-corrected chi connectivity index (χ1v) is 11.8. The molecule has 1 fully saturated rings. The molecule has 9 nitrogen and oxygen atoms in total. The average molecular weight is 473 g/mol. The Balaban J connectivity index is 1.30. The number of aromatic nitrogens is 2. The topological polar surface area (TPSA) is 116 Å². The molecule has 3 aliphatic rings. The number of aliphatic hydroxyl groups is 1. The van der Waals surface area contributed by atoms with Crippen molar-refractivity contribution >= 4 is 23.3 Å². The van der Waals surface area contributed by atoms with E-state index in [-0.39, 0.29) is 24.1 Å². The van der Waals surface area contributed by atoms with Gasteiger partial charge in [-0.15, -0.1) is 0 Å². The Morgan fingerprint density at radius 2 is 2.11 bits per heavy atom. The molecule has 35 heavy (non-hydrogen) atoms. The molecule has 1 aromatic heterocycles. The van der Waals surface area contributed by atoms with Crippen LogP contribution >= 0.6 is 0 Å². The van der Waals surface area contributed by atoms with E-state index in [9.17, 15) is 15.2 Å². The van der Waals surface area contributed by atoms with Gasteiger partial charge in [0.1, 0.15) is 30.2 Å². The summed E-state index contributed by atoms with van der Waals surface area (Å²) >= 11 is 0. The van der Waals surface area contributed by atoms with Gasteiger partial charge in [0.05, 0.1) is 11.8 Å². The van der Waals surface area contributed by atoms with Crippen LogP contribution < -0.4 is 10.1 Å². The normalized spacial score (nSPS) is 22.5. The van der Waals surface area contributed by atoms with Crippen molar-refractivity contribution in [3.05, 3.63) is 59.6 Å². The minimum absolute atomic E-state index is 0.0456. The van der Waals surface area contributed by atoms with Gasteiger partial charge >= 0.3 is 0 Å². The first-order chi connectivity index (χ1) is 16.9. The summed E-state index contributed by atoms with van der Waals surface area (Å²) in [5.74, 6) is 0.340. The van der Waals surface area contributed by atoms with E-state index in [0.29, 0.717) is 37.2 Å². The third-order valence-corrected chi connectivity index (χ3v) is 6.72. The van der Waals surface area contributed by atoms with Crippen molar-refractivity contribution in [1.29, 1.82) is 5.26 Å². The standard InChI is InChI=1S/C26H28N6O3/c1-16(33)26(34)32-7-5-21(6-8-32)35-24-4-3-17(9-18(24)11-27)23-14-29-25-22(23)10-19(12-28-25)20-13-30-31(2)15-20/h3-4,9-10,12-16,21-22,25,29,33H,5-8H2,1-2H3/t16-,22?,25?/m0/s1. The number of hydrogen-bond donors (Lipinski definition) is 2. The van der Waals surface area contributed by atoms with Crippen molar-refractivity contribution in [2.45, 2.75) is 38.1 Å². The maximum atomic E-state index is 12.0. The Morgan fingerprint density at radius 3 is 2.80 bits per heavy atom. The van der Waals surface area contributed by atoms with Crippen LogP contribution in [0, 0.1) is 17.2 Å². The van der Waals surface area contributed by atoms with Gasteiger partial charge in [-0.3, -0.25) is 14.5 Å². The van der Waals surface area contributed by atoms with Gasteiger partial charge in [0.25, 0.3) is 5.91 Å². The molecule has 1 saturated heterocycles. The van der Waals surface area contributed by atoms with Crippen molar-refractivity contribution < 1.29 is 14.6 Å². The maximum absolute atomic E-state index is 12.0. The first-order valence-electron chi connectivity index (χ1n) is 11.8. The molecule has 2 aromatic rings. The fourth-order valence-corrected chi connectivity index (χ4v) is 4.81. The zero-order valence-corrected chi connectivity index (χ0v) is 19.8. The summed E-state index contributed by atoms with van der Waals surface area (Å²) in [6.45, 7) is 2.54. The number of piperidine rings is 1. The van der Waals surface area contributed by atoms with E-state index in [2.05, 4.69) is 27.6 Å². The number of rotatable bonds is 5. The highest BCUT2D eigenvalue weighted by Gasteiger charge is 2.32. The number of nitriles is 1. The number of aryl methyl sites for hydroxylation is 1. The molecule has 9 heteroatoms. The number of amides is 1. The SMILES string of the molecule is C[C@H](O)C(=O)N1CCC(Oc2ccc(C3=CNC4N=CC(c5cnn(C)c5)=CC34)cc2C#N)CC1. The molecule has 3 aliphatic heterocycles. The van der Waals surface area contributed by atoms with Crippen molar-refractivity contribution in [2.75, 3.05) is 13.1 Å². The molecule has 0 spiro atoms. The number of likely N-dealkylation sites (tertiary alicyclic amines) is 1. The lowest BCUT2D eigenvalue weighted by Gasteiger charge is -2.33. The molecule has 5 rings (SSSR count). The van der Waals surface area contributed by atoms with Crippen LogP contribution in [0.25, 0.3) is 11.1 Å². The number of benzene rings is 1. The Kier molecular flexibility index (Phi) is 6.14. The van der Waals surface area contributed by atoms with Gasteiger partial charge in [0.2, 0.25) is 0 Å². The molecular formula is C26H28N6O3. The van der Waals surface area contributed by atoms with Crippen LogP contribution in [0.3, 0.4) is 0 Å². The lowest BCUT2D eigenvalue weighted by molar-refractivity contribution is -0.141. The van der Waals surface area contributed by atoms with Crippen molar-refractivity contribution in [3.63, 3.8) is 0 Å². The number of nitrogens with zero attached hydrogens (tertiary/aromatic N) is 5. The lowest BCUT2D eigenvalue weighted by Crippen LogP contribution is -2.45. The number of aliphatic imine (C=N–C) groups is 1. The summed E-state index contributed by atoms with van der Waals surface area (Å²) in [4.78, 5) is 18.3. The van der Waals surface area contributed by atoms with E-state index in [1.165, 1.54) is 6.92 Å². The second-order valence-electron chi connectivity index (χ2n) is 9.18. The predicted octanol–water partition coefficient (Wildman–Crippen LogP) is 2.10. The van der Waals surface area contributed by atoms with E-state index in [0.717, 1.165) is 22.3 Å². The zero-order valence-electron chi connectivity index (χ0n) is 19.8. The first kappa shape index (κ1) is 22.9. The van der Waals surface area contributed by atoms with Gasteiger partial charge in [0, 0.05) is 63.1 Å². The van der Waals surface area contributed by atoms with Crippen LogP contribution in [0.15, 0.2) is 47.9 Å². The summed E-state index contributed by atoms with van der Waals surface area (Å²) in [6, 6.07) is 7.98. The number of carbonyl (C=O) groups is 1. The average Bonchev–Trinajstić information content (AvgIpc) is 3.50. The van der Waals surface area contributed by atoms with Crippen molar-refractivity contribution in [3.8, 4) is 11.8 Å². The number of hydrogen-bond acceptors (Lipinski definition) is 7. The van der Waals surface area contributed by atoms with Gasteiger partial charge in [0.15, 0.2) is 0 Å². The Labute approximate surface area is 204 Å². The highest BCUT2D eigenvalue weighted by Crippen LogP contribution is 2.37. The van der Waals surface area contributed by atoms with Gasteiger partial charge in [-0.05, 0) is 35.8 Å². The van der Waals surface area contributed by atoms with Gasteiger partial charge in [-0.25, -0.2) is 0 Å². The summed E-state index contributed by atoms with van der Waals surface area (Å²) < 4.78 is 7.93. The largest absolute Gasteiger partial charge is 0.489 e. The van der Waals surface area contributed by atoms with Crippen LogP contribution in [0.4, 0.5) is 0 Å². The molecule has 4 heterocycles. The highest BCUT2D eigenvalue weighted by molar-refractivity contribution is 6.11. The number of ether oxygens (including phenoxy) is 1. The second kappa shape index (κ2) is 9.39. The molecule has 0 radical (unpaired) electrons. The van der Waals surface area contributed by atoms with Gasteiger partial charge in [-0.2, -0.15) is 10.4 Å². The molecule has 1 aromatic carbocycles. The fourth-order valence-electron chi connectivity index (χ4n) is 4.81. The summed E-state index contributed by atoms with van der Waals surface area (Å²) in [5, 5.41) is 26.9. The Bertz CT molecular complexity index is 1260. The number of allylic oxidation sites excluding steroid dienone is 1. The van der Waals surface area contributed by atoms with Crippen LogP contribution in [0.1, 0.15) is 36.5 Å². The smallest absolute Gasteiger partial charge is 0.251 e. The molecule has 0 saturated carbocycles. The highest BCUT2D eigenvalue weighted by atomic mass is 16.5. The molecule has 0 aliphatic carbocycles. The number of aliphatic hydroxyl groups excluding tert-OH is 1. The molecule has 180 valence electrons. The maximum Gasteiger partial charge on any atom is 0.251 e. The van der Waals surface area contributed by atoms with Crippen LogP contribution in [0.5, 0.6) is 5.75 Å². The number of fused-ring (bicyclic) bond motifs is 1. The Morgan fingerprint density at radius 1 is 1.31 bits per heavy atom. The molecule has 3 atom stereocenters. The third kappa shape index (κ3) is 4.57. The molecule has 0 bridgehead atoms. The number of carbonyl (C=O) groups excluding carboxylic acids is 1. The Hall–Kier alpha value is -3.90. The van der Waals surface area contributed by atoms with Gasteiger partial charge < -0.3 is 20.1 Å². The van der Waals surface area contributed by atoms with Crippen molar-refractivity contribution in [1.82, 2.24) is 20.0 Å². The van der Waals surface area contributed by atoms with E-state index in [1.54, 1.807) is 9.58 Å². The quantitative estimate of drug-likeness (QED) is 0.689. The third-order valence-electron chi connectivity index (χ3n) is 6.72. The van der Waals surface area contributed by atoms with Crippen molar-refractivity contribution in [2.24, 2.45) is 18.0 Å². The minimum Gasteiger partial charge on any atom is -0.489 e. The predicted molar refractivity (Wildman–Crippen MR) is 131 cm³/mol. The van der Waals surface area contributed by atoms with Crippen LogP contribution in [-0.4, -0.2) is 63.4 Å². The fraction of sp³-hybridized carbons (Fsp3) is 0.385. The summed E-state index contributed by atoms with van der Waals surface area (Å²) in [5.41, 5.74) is 4.54. The van der Waals surface area contributed by atoms with E-state index >= 15 is 0 Å². The molecular weight excluding hydrogens is 444 g/mol. The monoisotopic (exact) mass is 472 g/mol. The molecule has 1 amide bonds. The summed E-state index contributed by atoms with van der Waals surface area (Å²) in [7, 11) is 1.89. The van der Waals surface area contributed by atoms with E-state index in [4.69, 9.17) is 4.74 Å². The number of dihydropyridines is 1. The van der Waals surface area contributed by atoms with E-state index < -0.39 is 6.10 Å². The molecule has 2 unspecified atom stereocenters. The second-order valence-corrected chi connectivity index (χ2v) is 9.18.